The molecule has 98 valence electrons. The molecule has 0 saturated carbocycles. The van der Waals surface area contributed by atoms with Crippen LogP contribution >= 0.6 is 0 Å². The quantitative estimate of drug-likeness (QED) is 0.751. The molecule has 0 amide bonds. The fraction of sp³-hybridized carbons (Fsp3) is 0.308. The Morgan fingerprint density at radius 2 is 2.22 bits per heavy atom. The molecule has 4 nitrogen and oxygen atoms in total. The fourth-order valence-corrected chi connectivity index (χ4v) is 1.54. The predicted molar refractivity (Wildman–Crippen MR) is 66.5 cm³/mol. The van der Waals surface area contributed by atoms with Gasteiger partial charge in [0.2, 0.25) is 0 Å². The molecule has 0 unspecified atom stereocenters. The van der Waals surface area contributed by atoms with E-state index in [0.717, 1.165) is 11.6 Å². The molecule has 5 heteroatoms. The van der Waals surface area contributed by atoms with Crippen LogP contribution < -0.4 is 0 Å². The third kappa shape index (κ3) is 4.65. The van der Waals surface area contributed by atoms with E-state index in [-0.39, 0.29) is 12.2 Å². The third-order valence-corrected chi connectivity index (χ3v) is 2.40. The molecule has 0 atom stereocenters. The van der Waals surface area contributed by atoms with Gasteiger partial charge in [-0.3, -0.25) is 4.90 Å². The van der Waals surface area contributed by atoms with Gasteiger partial charge in [-0.2, -0.15) is 0 Å². The Morgan fingerprint density at radius 1 is 1.50 bits per heavy atom. The lowest BCUT2D eigenvalue weighted by molar-refractivity contribution is -0.131. The maximum atomic E-state index is 13.4. The van der Waals surface area contributed by atoms with E-state index in [9.17, 15) is 9.18 Å². The number of aliphatic carboxylic acids is 1. The fourth-order valence-electron chi connectivity index (χ4n) is 1.54. The van der Waals surface area contributed by atoms with Gasteiger partial charge >= 0.3 is 5.97 Å². The first-order valence-corrected chi connectivity index (χ1v) is 5.51. The Morgan fingerprint density at radius 3 is 2.83 bits per heavy atom. The molecule has 0 aromatic heterocycles. The van der Waals surface area contributed by atoms with Crippen molar-refractivity contribution in [3.05, 3.63) is 41.2 Å². The van der Waals surface area contributed by atoms with Crippen LogP contribution in [-0.4, -0.2) is 41.3 Å². The van der Waals surface area contributed by atoms with E-state index < -0.39 is 11.8 Å². The second-order valence-electron chi connectivity index (χ2n) is 3.99. The number of hydrogen-bond acceptors (Lipinski definition) is 3. The molecule has 0 bridgehead atoms. The van der Waals surface area contributed by atoms with Crippen molar-refractivity contribution >= 4 is 12.0 Å². The number of benzene rings is 1. The molecule has 1 aromatic carbocycles. The van der Waals surface area contributed by atoms with Crippen molar-refractivity contribution in [3.63, 3.8) is 0 Å². The number of likely N-dealkylation sites (N-methyl/N-ethyl adjacent to an activating group) is 1. The highest BCUT2D eigenvalue weighted by molar-refractivity contribution is 5.85. The Balaban J connectivity index is 2.83. The summed E-state index contributed by atoms with van der Waals surface area (Å²) in [6.45, 7) is 1.15. The summed E-state index contributed by atoms with van der Waals surface area (Å²) in [5.41, 5.74) is 1.10. The molecule has 1 rings (SSSR count). The van der Waals surface area contributed by atoms with Crippen LogP contribution in [0.3, 0.4) is 0 Å². The summed E-state index contributed by atoms with van der Waals surface area (Å²) in [6, 6.07) is 4.55. The average Bonchev–Trinajstić information content (AvgIpc) is 2.30. The molecule has 0 aliphatic carbocycles. The van der Waals surface area contributed by atoms with Crippen molar-refractivity contribution < 1.29 is 19.4 Å². The van der Waals surface area contributed by atoms with Gasteiger partial charge in [-0.15, -0.1) is 0 Å². The number of hydrogen-bond donors (Lipinski definition) is 2. The topological polar surface area (TPSA) is 60.8 Å². The highest BCUT2D eigenvalue weighted by atomic mass is 19.1. The molecule has 2 N–H and O–H groups in total. The normalized spacial score (nSPS) is 11.3. The number of nitrogens with zero attached hydrogens (tertiary/aromatic N) is 1. The van der Waals surface area contributed by atoms with Crippen molar-refractivity contribution in [3.8, 4) is 0 Å². The minimum absolute atomic E-state index is 0.0590. The maximum absolute atomic E-state index is 13.4. The molecule has 0 spiro atoms. The molecule has 0 fully saturated rings. The molecule has 0 heterocycles. The summed E-state index contributed by atoms with van der Waals surface area (Å²) >= 11 is 0. The van der Waals surface area contributed by atoms with Crippen LogP contribution in [-0.2, 0) is 11.3 Å². The summed E-state index contributed by atoms with van der Waals surface area (Å²) in [5.74, 6) is -1.57. The Kier molecular flexibility index (Phi) is 5.48. The lowest BCUT2D eigenvalue weighted by Crippen LogP contribution is -2.21. The molecule has 0 radical (unpaired) electrons. The molecule has 0 saturated heterocycles. The van der Waals surface area contributed by atoms with Crippen molar-refractivity contribution in [2.45, 2.75) is 6.54 Å². The summed E-state index contributed by atoms with van der Waals surface area (Å²) in [4.78, 5) is 12.3. The van der Waals surface area contributed by atoms with E-state index >= 15 is 0 Å². The summed E-state index contributed by atoms with van der Waals surface area (Å²) in [7, 11) is 1.84. The minimum Gasteiger partial charge on any atom is -0.478 e. The predicted octanol–water partition coefficient (Wildman–Crippen LogP) is 1.35. The first-order chi connectivity index (χ1) is 8.52. The largest absolute Gasteiger partial charge is 0.478 e. The Bertz CT molecular complexity index is 446. The molecule has 1 aromatic rings. The van der Waals surface area contributed by atoms with Crippen molar-refractivity contribution in [1.82, 2.24) is 4.90 Å². The number of carboxylic acid groups (broad SMARTS) is 1. The van der Waals surface area contributed by atoms with Crippen LogP contribution in [0.4, 0.5) is 4.39 Å². The molecular weight excluding hydrogens is 237 g/mol. The van der Waals surface area contributed by atoms with Gasteiger partial charge in [-0.25, -0.2) is 9.18 Å². The highest BCUT2D eigenvalue weighted by Gasteiger charge is 2.04. The van der Waals surface area contributed by atoms with E-state index in [2.05, 4.69) is 0 Å². The molecule has 0 aliphatic heterocycles. The number of aliphatic hydroxyl groups excluding tert-OH is 1. The van der Waals surface area contributed by atoms with Gasteiger partial charge in [-0.05, 0) is 30.8 Å². The summed E-state index contributed by atoms with van der Waals surface area (Å²) in [5, 5.41) is 17.3. The lowest BCUT2D eigenvalue weighted by Gasteiger charge is -2.15. The average molecular weight is 253 g/mol. The first kappa shape index (κ1) is 14.3. The van der Waals surface area contributed by atoms with E-state index in [4.69, 9.17) is 10.2 Å². The zero-order valence-electron chi connectivity index (χ0n) is 10.1. The van der Waals surface area contributed by atoms with Crippen molar-refractivity contribution in [2.75, 3.05) is 20.2 Å². The summed E-state index contributed by atoms with van der Waals surface area (Å²) < 4.78 is 13.4. The highest BCUT2D eigenvalue weighted by Crippen LogP contribution is 2.13. The lowest BCUT2D eigenvalue weighted by atomic mass is 10.1. The first-order valence-electron chi connectivity index (χ1n) is 5.51. The number of carboxylic acids is 1. The second kappa shape index (κ2) is 6.88. The van der Waals surface area contributed by atoms with Gasteiger partial charge in [-0.1, -0.05) is 6.07 Å². The van der Waals surface area contributed by atoms with Crippen molar-refractivity contribution in [1.29, 1.82) is 0 Å². The summed E-state index contributed by atoms with van der Waals surface area (Å²) in [6.07, 6.45) is 2.13. The third-order valence-electron chi connectivity index (χ3n) is 2.40. The minimum atomic E-state index is -1.11. The maximum Gasteiger partial charge on any atom is 0.328 e. The molecule has 0 aliphatic rings. The smallest absolute Gasteiger partial charge is 0.328 e. The van der Waals surface area contributed by atoms with Gasteiger partial charge in [0.25, 0.3) is 0 Å². The van der Waals surface area contributed by atoms with Crippen LogP contribution in [0.25, 0.3) is 6.08 Å². The van der Waals surface area contributed by atoms with Gasteiger partial charge < -0.3 is 10.2 Å². The standard InChI is InChI=1S/C13H16FNO3/c1-15(6-7-16)9-10-2-4-12(14)11(8-10)3-5-13(17)18/h2-5,8,16H,6-7,9H2,1H3,(H,17,18)/b5-3+. The van der Waals surface area contributed by atoms with Gasteiger partial charge in [0, 0.05) is 24.7 Å². The van der Waals surface area contributed by atoms with E-state index in [0.29, 0.717) is 13.1 Å². The zero-order chi connectivity index (χ0) is 13.5. The van der Waals surface area contributed by atoms with E-state index in [1.54, 1.807) is 12.1 Å². The number of carbonyl (C=O) groups is 1. The second-order valence-corrected chi connectivity index (χ2v) is 3.99. The zero-order valence-corrected chi connectivity index (χ0v) is 10.1. The van der Waals surface area contributed by atoms with Crippen LogP contribution in [0.2, 0.25) is 0 Å². The van der Waals surface area contributed by atoms with E-state index in [1.807, 2.05) is 11.9 Å². The van der Waals surface area contributed by atoms with E-state index in [1.165, 1.54) is 12.1 Å². The van der Waals surface area contributed by atoms with Crippen LogP contribution in [0.5, 0.6) is 0 Å². The Labute approximate surface area is 105 Å². The number of rotatable bonds is 6. The SMILES string of the molecule is CN(CCO)Cc1ccc(F)c(/C=C/C(=O)O)c1. The van der Waals surface area contributed by atoms with Crippen molar-refractivity contribution in [2.24, 2.45) is 0 Å². The Hall–Kier alpha value is -1.72. The van der Waals surface area contributed by atoms with Gasteiger partial charge in [0.05, 0.1) is 6.61 Å². The van der Waals surface area contributed by atoms with Gasteiger partial charge in [0.15, 0.2) is 0 Å². The number of halogens is 1. The number of aliphatic hydroxyl groups is 1. The monoisotopic (exact) mass is 253 g/mol. The van der Waals surface area contributed by atoms with Crippen LogP contribution in [0.1, 0.15) is 11.1 Å². The van der Waals surface area contributed by atoms with Crippen LogP contribution in [0.15, 0.2) is 24.3 Å². The molecule has 18 heavy (non-hydrogen) atoms. The molecular formula is C13H16FNO3. The van der Waals surface area contributed by atoms with Crippen LogP contribution in [0, 0.1) is 5.82 Å². The van der Waals surface area contributed by atoms with Gasteiger partial charge in [0.1, 0.15) is 5.82 Å².